The smallest absolute Gasteiger partial charge is 0.253 e. The minimum absolute atomic E-state index is 0.0771. The fourth-order valence-electron chi connectivity index (χ4n) is 3.03. The van der Waals surface area contributed by atoms with E-state index in [4.69, 9.17) is 0 Å². The number of carbonyl (C=O) groups is 2. The number of pyridine rings is 1. The maximum absolute atomic E-state index is 12.5. The molecule has 1 aliphatic carbocycles. The van der Waals surface area contributed by atoms with Crippen LogP contribution in [-0.2, 0) is 4.79 Å². The number of amides is 1. The first-order chi connectivity index (χ1) is 12.0. The SMILES string of the molecule is CN(C)c1ccc(-c2cncc(C(=O)NC3CCC(=O)CC3)c2)cc1. The molecular formula is C20H23N3O2. The van der Waals surface area contributed by atoms with Crippen molar-refractivity contribution in [2.75, 3.05) is 19.0 Å². The van der Waals surface area contributed by atoms with Gasteiger partial charge in [0.25, 0.3) is 5.91 Å². The van der Waals surface area contributed by atoms with Crippen LogP contribution in [0.15, 0.2) is 42.7 Å². The summed E-state index contributed by atoms with van der Waals surface area (Å²) in [5.74, 6) is 0.161. The summed E-state index contributed by atoms with van der Waals surface area (Å²) >= 11 is 0. The minimum atomic E-state index is -0.126. The van der Waals surface area contributed by atoms with E-state index in [2.05, 4.69) is 10.3 Å². The maximum atomic E-state index is 12.5. The molecule has 0 radical (unpaired) electrons. The lowest BCUT2D eigenvalue weighted by Gasteiger charge is -2.22. The molecule has 1 heterocycles. The molecule has 5 nitrogen and oxygen atoms in total. The Bertz CT molecular complexity index is 759. The molecule has 1 aliphatic rings. The Kier molecular flexibility index (Phi) is 5.12. The predicted octanol–water partition coefficient (Wildman–Crippen LogP) is 3.06. The van der Waals surface area contributed by atoms with Gasteiger partial charge in [-0.05, 0) is 36.6 Å². The lowest BCUT2D eigenvalue weighted by atomic mass is 9.94. The third kappa shape index (κ3) is 4.24. The Morgan fingerprint density at radius 1 is 1.08 bits per heavy atom. The molecule has 25 heavy (non-hydrogen) atoms. The van der Waals surface area contributed by atoms with Crippen molar-refractivity contribution in [2.24, 2.45) is 0 Å². The Balaban J connectivity index is 1.72. The molecule has 1 saturated carbocycles. The highest BCUT2D eigenvalue weighted by Gasteiger charge is 2.21. The first kappa shape index (κ1) is 17.1. The summed E-state index contributed by atoms with van der Waals surface area (Å²) in [4.78, 5) is 30.0. The predicted molar refractivity (Wildman–Crippen MR) is 98.7 cm³/mol. The molecule has 0 atom stereocenters. The maximum Gasteiger partial charge on any atom is 0.253 e. The van der Waals surface area contributed by atoms with Gasteiger partial charge in [-0.15, -0.1) is 0 Å². The summed E-state index contributed by atoms with van der Waals surface area (Å²) in [5, 5.41) is 3.02. The van der Waals surface area contributed by atoms with Gasteiger partial charge in [-0.3, -0.25) is 14.6 Å². The van der Waals surface area contributed by atoms with Crippen molar-refractivity contribution in [1.29, 1.82) is 0 Å². The largest absolute Gasteiger partial charge is 0.378 e. The number of ketones is 1. The van der Waals surface area contributed by atoms with Crippen molar-refractivity contribution >= 4 is 17.4 Å². The van der Waals surface area contributed by atoms with Gasteiger partial charge in [-0.1, -0.05) is 12.1 Å². The molecule has 1 amide bonds. The second kappa shape index (κ2) is 7.47. The lowest BCUT2D eigenvalue weighted by molar-refractivity contribution is -0.120. The number of Topliss-reactive ketones (excluding diaryl/α,β-unsaturated/α-hetero) is 1. The van der Waals surface area contributed by atoms with Crippen molar-refractivity contribution in [1.82, 2.24) is 10.3 Å². The van der Waals surface area contributed by atoms with Gasteiger partial charge in [0.2, 0.25) is 0 Å². The number of hydrogen-bond acceptors (Lipinski definition) is 4. The monoisotopic (exact) mass is 337 g/mol. The second-order valence-corrected chi connectivity index (χ2v) is 6.69. The number of aromatic nitrogens is 1. The molecule has 2 aromatic rings. The van der Waals surface area contributed by atoms with Crippen LogP contribution in [0.3, 0.4) is 0 Å². The molecule has 0 bridgehead atoms. The van der Waals surface area contributed by atoms with Gasteiger partial charge < -0.3 is 10.2 Å². The molecule has 1 aromatic carbocycles. The number of nitrogens with zero attached hydrogens (tertiary/aromatic N) is 2. The van der Waals surface area contributed by atoms with Crippen LogP contribution in [0.4, 0.5) is 5.69 Å². The second-order valence-electron chi connectivity index (χ2n) is 6.69. The van der Waals surface area contributed by atoms with E-state index in [-0.39, 0.29) is 17.7 Å². The molecule has 130 valence electrons. The molecular weight excluding hydrogens is 314 g/mol. The molecule has 0 spiro atoms. The molecule has 0 aliphatic heterocycles. The average molecular weight is 337 g/mol. The number of hydrogen-bond donors (Lipinski definition) is 1. The number of benzene rings is 1. The lowest BCUT2D eigenvalue weighted by Crippen LogP contribution is -2.37. The van der Waals surface area contributed by atoms with Gasteiger partial charge in [-0.25, -0.2) is 0 Å². The van der Waals surface area contributed by atoms with E-state index in [1.54, 1.807) is 12.4 Å². The first-order valence-corrected chi connectivity index (χ1v) is 8.58. The highest BCUT2D eigenvalue weighted by Crippen LogP contribution is 2.23. The minimum Gasteiger partial charge on any atom is -0.378 e. The topological polar surface area (TPSA) is 62.3 Å². The van der Waals surface area contributed by atoms with Crippen molar-refractivity contribution in [3.05, 3.63) is 48.3 Å². The average Bonchev–Trinajstić information content (AvgIpc) is 2.64. The summed E-state index contributed by atoms with van der Waals surface area (Å²) in [5.41, 5.74) is 3.61. The highest BCUT2D eigenvalue weighted by atomic mass is 16.1. The van der Waals surface area contributed by atoms with Crippen LogP contribution in [0, 0.1) is 0 Å². The Hall–Kier alpha value is -2.69. The van der Waals surface area contributed by atoms with Crippen molar-refractivity contribution in [2.45, 2.75) is 31.7 Å². The zero-order valence-corrected chi connectivity index (χ0v) is 14.7. The zero-order chi connectivity index (χ0) is 17.8. The van der Waals surface area contributed by atoms with Crippen LogP contribution in [0.25, 0.3) is 11.1 Å². The van der Waals surface area contributed by atoms with E-state index >= 15 is 0 Å². The fraction of sp³-hybridized carbons (Fsp3) is 0.350. The van der Waals surface area contributed by atoms with E-state index < -0.39 is 0 Å². The van der Waals surface area contributed by atoms with E-state index in [0.717, 1.165) is 29.7 Å². The molecule has 5 heteroatoms. The molecule has 3 rings (SSSR count). The normalized spacial score (nSPS) is 15.0. The van der Waals surface area contributed by atoms with Crippen LogP contribution in [0.1, 0.15) is 36.0 Å². The summed E-state index contributed by atoms with van der Waals surface area (Å²) in [6.45, 7) is 0. The number of carbonyl (C=O) groups excluding carboxylic acids is 2. The molecule has 0 unspecified atom stereocenters. The van der Waals surface area contributed by atoms with E-state index in [1.807, 2.05) is 49.3 Å². The van der Waals surface area contributed by atoms with Gasteiger partial charge in [-0.2, -0.15) is 0 Å². The van der Waals surface area contributed by atoms with Crippen LogP contribution < -0.4 is 10.2 Å². The van der Waals surface area contributed by atoms with Crippen molar-refractivity contribution in [3.63, 3.8) is 0 Å². The summed E-state index contributed by atoms with van der Waals surface area (Å²) in [6.07, 6.45) is 5.91. The van der Waals surface area contributed by atoms with Gasteiger partial charge in [0.05, 0.1) is 5.56 Å². The van der Waals surface area contributed by atoms with Crippen molar-refractivity contribution < 1.29 is 9.59 Å². The van der Waals surface area contributed by atoms with Gasteiger partial charge in [0.1, 0.15) is 5.78 Å². The number of rotatable bonds is 4. The van der Waals surface area contributed by atoms with E-state index in [9.17, 15) is 9.59 Å². The Morgan fingerprint density at radius 3 is 2.40 bits per heavy atom. The third-order valence-corrected chi connectivity index (χ3v) is 4.60. The number of nitrogens with one attached hydrogen (secondary N) is 1. The molecule has 1 N–H and O–H groups in total. The van der Waals surface area contributed by atoms with Gasteiger partial charge in [0.15, 0.2) is 0 Å². The zero-order valence-electron chi connectivity index (χ0n) is 14.7. The van der Waals surface area contributed by atoms with Crippen molar-refractivity contribution in [3.8, 4) is 11.1 Å². The van der Waals surface area contributed by atoms with Gasteiger partial charge >= 0.3 is 0 Å². The summed E-state index contributed by atoms with van der Waals surface area (Å²) < 4.78 is 0. The standard InChI is InChI=1S/C20H23N3O2/c1-23(2)18-7-3-14(4-8-18)15-11-16(13-21-12-15)20(25)22-17-5-9-19(24)10-6-17/h3-4,7-8,11-13,17H,5-6,9-10H2,1-2H3,(H,22,25). The van der Waals surface area contributed by atoms with Crippen LogP contribution in [0.5, 0.6) is 0 Å². The van der Waals surface area contributed by atoms with Crippen LogP contribution in [0.2, 0.25) is 0 Å². The molecule has 1 fully saturated rings. The first-order valence-electron chi connectivity index (χ1n) is 8.58. The molecule has 0 saturated heterocycles. The Morgan fingerprint density at radius 2 is 1.76 bits per heavy atom. The van der Waals surface area contributed by atoms with Gasteiger partial charge in [0, 0.05) is 56.6 Å². The van der Waals surface area contributed by atoms with Crippen LogP contribution in [-0.4, -0.2) is 36.8 Å². The summed E-state index contributed by atoms with van der Waals surface area (Å²) in [7, 11) is 4.00. The highest BCUT2D eigenvalue weighted by molar-refractivity contribution is 5.95. The molecule has 1 aromatic heterocycles. The van der Waals surface area contributed by atoms with E-state index in [1.165, 1.54) is 0 Å². The number of anilines is 1. The van der Waals surface area contributed by atoms with E-state index in [0.29, 0.717) is 18.4 Å². The fourth-order valence-corrected chi connectivity index (χ4v) is 3.03. The quantitative estimate of drug-likeness (QED) is 0.931. The third-order valence-electron chi connectivity index (χ3n) is 4.60. The van der Waals surface area contributed by atoms with Crippen LogP contribution >= 0.6 is 0 Å². The summed E-state index contributed by atoms with van der Waals surface area (Å²) in [6, 6.07) is 10.1. The Labute approximate surface area is 148 Å².